The maximum atomic E-state index is 12.9. The highest BCUT2D eigenvalue weighted by Gasteiger charge is 2.17. The summed E-state index contributed by atoms with van der Waals surface area (Å²) >= 11 is 0. The lowest BCUT2D eigenvalue weighted by Gasteiger charge is -2.11. The zero-order valence-corrected chi connectivity index (χ0v) is 18.4. The Morgan fingerprint density at radius 3 is 2.29 bits per heavy atom. The van der Waals surface area contributed by atoms with Crippen molar-refractivity contribution in [1.29, 1.82) is 0 Å². The van der Waals surface area contributed by atoms with Gasteiger partial charge in [-0.05, 0) is 35.4 Å². The number of rotatable bonds is 6. The second kappa shape index (κ2) is 10.3. The van der Waals surface area contributed by atoms with E-state index < -0.39 is 11.8 Å². The van der Waals surface area contributed by atoms with Crippen LogP contribution in [0.25, 0.3) is 16.8 Å². The van der Waals surface area contributed by atoms with Gasteiger partial charge in [-0.15, -0.1) is 0 Å². The molecule has 0 bridgehead atoms. The first-order valence-electron chi connectivity index (χ1n) is 10.5. The molecule has 170 valence electrons. The molecule has 0 radical (unpaired) electrons. The molecule has 0 aliphatic carbocycles. The van der Waals surface area contributed by atoms with Gasteiger partial charge in [0.15, 0.2) is 5.69 Å². The van der Waals surface area contributed by atoms with Crippen molar-refractivity contribution in [2.45, 2.75) is 6.54 Å². The lowest BCUT2D eigenvalue weighted by molar-refractivity contribution is -0.117. The molecule has 0 saturated carbocycles. The first-order chi connectivity index (χ1) is 16.5. The number of aromatic nitrogens is 2. The van der Waals surface area contributed by atoms with Gasteiger partial charge < -0.3 is 4.74 Å². The molecule has 4 aromatic rings. The lowest BCUT2D eigenvalue weighted by atomic mass is 10.1. The molecule has 0 aliphatic rings. The molecule has 0 saturated heterocycles. The van der Waals surface area contributed by atoms with E-state index in [1.807, 2.05) is 30.3 Å². The molecule has 0 atom stereocenters. The molecule has 0 spiro atoms. The van der Waals surface area contributed by atoms with E-state index in [9.17, 15) is 14.4 Å². The van der Waals surface area contributed by atoms with Crippen molar-refractivity contribution in [2.24, 2.45) is 0 Å². The average Bonchev–Trinajstić information content (AvgIpc) is 2.88. The molecule has 3 aromatic carbocycles. The van der Waals surface area contributed by atoms with Gasteiger partial charge in [-0.3, -0.25) is 25.2 Å². The number of hydrogen-bond donors (Lipinski definition) is 2. The molecule has 0 unspecified atom stereocenters. The summed E-state index contributed by atoms with van der Waals surface area (Å²) in [6, 6.07) is 23.3. The van der Waals surface area contributed by atoms with E-state index in [1.54, 1.807) is 61.7 Å². The fourth-order valence-corrected chi connectivity index (χ4v) is 3.37. The Labute approximate surface area is 195 Å². The third-order valence-electron chi connectivity index (χ3n) is 5.10. The first kappa shape index (κ1) is 22.5. The van der Waals surface area contributed by atoms with Crippen LogP contribution in [0.5, 0.6) is 5.75 Å². The molecule has 4 rings (SSSR count). The van der Waals surface area contributed by atoms with Crippen LogP contribution >= 0.6 is 0 Å². The molecular formula is C26H22N4O4. The Kier molecular flexibility index (Phi) is 6.78. The number of hydrazine groups is 1. The summed E-state index contributed by atoms with van der Waals surface area (Å²) in [6.07, 6.45) is 2.90. The largest absolute Gasteiger partial charge is 0.497 e. The van der Waals surface area contributed by atoms with Crippen LogP contribution in [0.1, 0.15) is 21.6 Å². The van der Waals surface area contributed by atoms with E-state index in [-0.39, 0.29) is 17.8 Å². The standard InChI is InChI=1S/C26H22N4O4/c1-34-20-14-11-18(12-15-20)13-16-23(31)27-28-25(32)24-21-9-5-6-10-22(21)26(33)30(29-24)17-19-7-3-2-4-8-19/h2-16H,17H2,1H3,(H,27,31)(H,28,32)/b16-13+. The highest BCUT2D eigenvalue weighted by Crippen LogP contribution is 2.14. The summed E-state index contributed by atoms with van der Waals surface area (Å²) in [4.78, 5) is 38.0. The van der Waals surface area contributed by atoms with Crippen LogP contribution in [0.15, 0.2) is 89.7 Å². The summed E-state index contributed by atoms with van der Waals surface area (Å²) in [7, 11) is 1.58. The van der Waals surface area contributed by atoms with Gasteiger partial charge >= 0.3 is 0 Å². The van der Waals surface area contributed by atoms with E-state index in [4.69, 9.17) is 4.74 Å². The molecule has 8 nitrogen and oxygen atoms in total. The lowest BCUT2D eigenvalue weighted by Crippen LogP contribution is -2.42. The van der Waals surface area contributed by atoms with Gasteiger partial charge in [0.2, 0.25) is 0 Å². The van der Waals surface area contributed by atoms with E-state index >= 15 is 0 Å². The van der Waals surface area contributed by atoms with Gasteiger partial charge in [0.05, 0.1) is 19.0 Å². The number of amides is 2. The van der Waals surface area contributed by atoms with E-state index in [0.29, 0.717) is 16.5 Å². The van der Waals surface area contributed by atoms with Crippen molar-refractivity contribution in [3.63, 3.8) is 0 Å². The second-order valence-electron chi connectivity index (χ2n) is 7.39. The molecule has 2 N–H and O–H groups in total. The Balaban J connectivity index is 1.52. The monoisotopic (exact) mass is 454 g/mol. The van der Waals surface area contributed by atoms with Crippen LogP contribution in [-0.4, -0.2) is 28.7 Å². The second-order valence-corrected chi connectivity index (χ2v) is 7.39. The Morgan fingerprint density at radius 1 is 0.912 bits per heavy atom. The predicted molar refractivity (Wildman–Crippen MR) is 129 cm³/mol. The number of nitrogens with zero attached hydrogens (tertiary/aromatic N) is 2. The smallest absolute Gasteiger partial charge is 0.290 e. The van der Waals surface area contributed by atoms with Gasteiger partial charge in [-0.25, -0.2) is 4.68 Å². The zero-order chi connectivity index (χ0) is 23.9. The number of hydrogen-bond acceptors (Lipinski definition) is 5. The summed E-state index contributed by atoms with van der Waals surface area (Å²) in [5, 5.41) is 5.06. The minimum Gasteiger partial charge on any atom is -0.497 e. The van der Waals surface area contributed by atoms with Crippen molar-refractivity contribution in [2.75, 3.05) is 7.11 Å². The molecule has 1 aromatic heterocycles. The first-order valence-corrected chi connectivity index (χ1v) is 10.5. The summed E-state index contributed by atoms with van der Waals surface area (Å²) in [5.74, 6) is -0.447. The number of methoxy groups -OCH3 is 1. The minimum absolute atomic E-state index is 0.0329. The topological polar surface area (TPSA) is 102 Å². The third-order valence-corrected chi connectivity index (χ3v) is 5.10. The van der Waals surface area contributed by atoms with Gasteiger partial charge in [0.25, 0.3) is 17.4 Å². The van der Waals surface area contributed by atoms with Gasteiger partial charge in [0.1, 0.15) is 5.75 Å². The average molecular weight is 454 g/mol. The zero-order valence-electron chi connectivity index (χ0n) is 18.4. The maximum Gasteiger partial charge on any atom is 0.290 e. The highest BCUT2D eigenvalue weighted by molar-refractivity contribution is 6.05. The van der Waals surface area contributed by atoms with E-state index in [2.05, 4.69) is 16.0 Å². The fraction of sp³-hybridized carbons (Fsp3) is 0.0769. The van der Waals surface area contributed by atoms with Crippen LogP contribution in [0.3, 0.4) is 0 Å². The SMILES string of the molecule is COc1ccc(/C=C/C(=O)NNC(=O)c2nn(Cc3ccccc3)c(=O)c3ccccc23)cc1. The highest BCUT2D eigenvalue weighted by atomic mass is 16.5. The Hall–Kier alpha value is -4.72. The van der Waals surface area contributed by atoms with Crippen molar-refractivity contribution >= 4 is 28.7 Å². The summed E-state index contributed by atoms with van der Waals surface area (Å²) < 4.78 is 6.35. The summed E-state index contributed by atoms with van der Waals surface area (Å²) in [5.41, 5.74) is 6.11. The van der Waals surface area contributed by atoms with Crippen LogP contribution in [-0.2, 0) is 11.3 Å². The number of carbonyl (C=O) groups excluding carboxylic acids is 2. The van der Waals surface area contributed by atoms with Crippen LogP contribution < -0.4 is 21.1 Å². The molecule has 0 fully saturated rings. The molecule has 2 amide bonds. The molecule has 0 aliphatic heterocycles. The molecular weight excluding hydrogens is 432 g/mol. The van der Waals surface area contributed by atoms with Gasteiger partial charge in [-0.1, -0.05) is 60.7 Å². The number of nitrogens with one attached hydrogen (secondary N) is 2. The van der Waals surface area contributed by atoms with Gasteiger partial charge in [-0.2, -0.15) is 5.10 Å². The quantitative estimate of drug-likeness (QED) is 0.345. The number of benzene rings is 3. The van der Waals surface area contributed by atoms with Crippen molar-refractivity contribution in [3.05, 3.63) is 112 Å². The van der Waals surface area contributed by atoms with Crippen LogP contribution in [0.2, 0.25) is 0 Å². The van der Waals surface area contributed by atoms with Crippen LogP contribution in [0, 0.1) is 0 Å². The van der Waals surface area contributed by atoms with Crippen molar-refractivity contribution < 1.29 is 14.3 Å². The Bertz CT molecular complexity index is 1410. The minimum atomic E-state index is -0.635. The normalized spacial score (nSPS) is 10.9. The third kappa shape index (κ3) is 5.18. The molecule has 1 heterocycles. The van der Waals surface area contributed by atoms with Crippen molar-refractivity contribution in [1.82, 2.24) is 20.6 Å². The maximum absolute atomic E-state index is 12.9. The number of carbonyl (C=O) groups is 2. The predicted octanol–water partition coefficient (Wildman–Crippen LogP) is 2.93. The Morgan fingerprint density at radius 2 is 1.59 bits per heavy atom. The van der Waals surface area contributed by atoms with E-state index in [0.717, 1.165) is 11.1 Å². The fourth-order valence-electron chi connectivity index (χ4n) is 3.37. The van der Waals surface area contributed by atoms with Gasteiger partial charge in [0, 0.05) is 11.5 Å². The summed E-state index contributed by atoms with van der Waals surface area (Å²) in [6.45, 7) is 0.210. The number of ether oxygens (including phenoxy) is 1. The molecule has 8 heteroatoms. The van der Waals surface area contributed by atoms with Crippen molar-refractivity contribution in [3.8, 4) is 5.75 Å². The van der Waals surface area contributed by atoms with Crippen LogP contribution in [0.4, 0.5) is 0 Å². The van der Waals surface area contributed by atoms with E-state index in [1.165, 1.54) is 10.8 Å². The molecule has 34 heavy (non-hydrogen) atoms. The number of fused-ring (bicyclic) bond motifs is 1.